The highest BCUT2D eigenvalue weighted by Crippen LogP contribution is 2.29. The molecule has 1 amide bonds. The Kier molecular flexibility index (Phi) is 5.69. The van der Waals surface area contributed by atoms with Crippen LogP contribution in [-0.4, -0.2) is 45.8 Å². The number of hydrogen-bond acceptors (Lipinski definition) is 7. The Morgan fingerprint density at radius 2 is 2.06 bits per heavy atom. The van der Waals surface area contributed by atoms with Crippen LogP contribution in [0.2, 0.25) is 0 Å². The van der Waals surface area contributed by atoms with Crippen molar-refractivity contribution >= 4 is 22.5 Å². The number of rotatable bonds is 8. The molecule has 0 radical (unpaired) electrons. The molecule has 0 bridgehead atoms. The van der Waals surface area contributed by atoms with E-state index >= 15 is 0 Å². The van der Waals surface area contributed by atoms with Gasteiger partial charge in [0.05, 0.1) is 12.7 Å². The molecule has 33 heavy (non-hydrogen) atoms. The number of aromatic nitrogens is 4. The van der Waals surface area contributed by atoms with Crippen LogP contribution in [0, 0.1) is 0 Å². The summed E-state index contributed by atoms with van der Waals surface area (Å²) in [5.41, 5.74) is 2.96. The molecule has 0 aliphatic heterocycles. The molecule has 0 fully saturated rings. The van der Waals surface area contributed by atoms with Gasteiger partial charge in [0.1, 0.15) is 24.0 Å². The van der Waals surface area contributed by atoms with Crippen LogP contribution in [0.5, 0.6) is 5.88 Å². The van der Waals surface area contributed by atoms with Crippen molar-refractivity contribution in [2.75, 3.05) is 20.3 Å². The normalized spacial score (nSPS) is 12.2. The number of benzene rings is 1. The van der Waals surface area contributed by atoms with Gasteiger partial charge in [-0.05, 0) is 24.3 Å². The van der Waals surface area contributed by atoms with E-state index in [1.807, 2.05) is 48.5 Å². The maximum Gasteiger partial charge on any atom is 0.246 e. The lowest BCUT2D eigenvalue weighted by atomic mass is 10.1. The Bertz CT molecular complexity index is 1360. The first-order valence-corrected chi connectivity index (χ1v) is 10.4. The Labute approximate surface area is 189 Å². The van der Waals surface area contributed by atoms with Crippen molar-refractivity contribution in [3.63, 3.8) is 0 Å². The van der Waals surface area contributed by atoms with Gasteiger partial charge in [0, 0.05) is 36.5 Å². The van der Waals surface area contributed by atoms with Crippen molar-refractivity contribution < 1.29 is 18.7 Å². The Hall–Kier alpha value is -4.24. The zero-order valence-corrected chi connectivity index (χ0v) is 17.8. The quantitative estimate of drug-likeness (QED) is 0.392. The average Bonchev–Trinajstić information content (AvgIpc) is 3.46. The third-order valence-electron chi connectivity index (χ3n) is 5.10. The average molecular weight is 443 g/mol. The van der Waals surface area contributed by atoms with Gasteiger partial charge in [0.25, 0.3) is 0 Å². The number of fused-ring (bicyclic) bond motifs is 2. The number of ether oxygens (including phenoxy) is 2. The van der Waals surface area contributed by atoms with Crippen LogP contribution in [0.1, 0.15) is 11.7 Å². The van der Waals surface area contributed by atoms with E-state index in [4.69, 9.17) is 13.9 Å². The van der Waals surface area contributed by atoms with Crippen LogP contribution in [0.15, 0.2) is 77.6 Å². The van der Waals surface area contributed by atoms with E-state index in [0.29, 0.717) is 23.0 Å². The highest BCUT2D eigenvalue weighted by Gasteiger charge is 2.18. The lowest BCUT2D eigenvalue weighted by Crippen LogP contribution is -2.33. The van der Waals surface area contributed by atoms with Crippen molar-refractivity contribution in [2.24, 2.45) is 0 Å². The zero-order valence-electron chi connectivity index (χ0n) is 17.8. The van der Waals surface area contributed by atoms with Crippen LogP contribution in [0.3, 0.4) is 0 Å². The number of imidazole rings is 1. The molecule has 4 aromatic heterocycles. The second-order valence-corrected chi connectivity index (χ2v) is 7.36. The predicted molar refractivity (Wildman–Crippen MR) is 121 cm³/mol. The van der Waals surface area contributed by atoms with Crippen LogP contribution < -0.4 is 10.1 Å². The van der Waals surface area contributed by atoms with E-state index < -0.39 is 6.10 Å². The van der Waals surface area contributed by atoms with E-state index in [0.717, 1.165) is 16.5 Å². The van der Waals surface area contributed by atoms with Gasteiger partial charge in [0.2, 0.25) is 11.8 Å². The molecule has 5 rings (SSSR count). The molecule has 0 aliphatic carbocycles. The van der Waals surface area contributed by atoms with Gasteiger partial charge in [-0.25, -0.2) is 9.50 Å². The molecule has 1 aromatic carbocycles. The molecule has 4 heterocycles. The minimum atomic E-state index is -0.498. The number of furan rings is 1. The van der Waals surface area contributed by atoms with E-state index in [2.05, 4.69) is 20.4 Å². The van der Waals surface area contributed by atoms with E-state index in [1.54, 1.807) is 29.2 Å². The number of para-hydroxylation sites is 1. The number of carbonyl (C=O) groups is 1. The lowest BCUT2D eigenvalue weighted by Gasteiger charge is -2.19. The highest BCUT2D eigenvalue weighted by atomic mass is 16.5. The summed E-state index contributed by atoms with van der Waals surface area (Å²) in [6.45, 7) is 0.202. The first kappa shape index (κ1) is 20.7. The van der Waals surface area contributed by atoms with Crippen LogP contribution >= 0.6 is 0 Å². The van der Waals surface area contributed by atoms with E-state index in [1.165, 1.54) is 7.11 Å². The number of nitrogens with one attached hydrogen (secondary N) is 1. The molecule has 0 unspecified atom stereocenters. The third kappa shape index (κ3) is 4.39. The molecular formula is C24H21N5O4. The highest BCUT2D eigenvalue weighted by molar-refractivity contribution is 5.82. The molecule has 9 heteroatoms. The molecule has 166 valence electrons. The molecular weight excluding hydrogens is 422 g/mol. The van der Waals surface area contributed by atoms with Crippen LogP contribution in [0.4, 0.5) is 0 Å². The fraction of sp³-hybridized carbons (Fsp3) is 0.167. The standard InChI is InChI=1S/C24H21N5O4/c1-31-15-23(30)27-14-21(17-6-4-10-25-12-17)33-24-9-8-22-26-13-18(29(22)28-24)20-11-16-5-2-3-7-19(16)32-20/h2-13,21H,14-15H2,1H3,(H,27,30)/t21-/m1/s1. The monoisotopic (exact) mass is 443 g/mol. The summed E-state index contributed by atoms with van der Waals surface area (Å²) in [6, 6.07) is 17.0. The van der Waals surface area contributed by atoms with Crippen molar-refractivity contribution in [2.45, 2.75) is 6.10 Å². The Balaban J connectivity index is 1.45. The maximum atomic E-state index is 11.9. The van der Waals surface area contributed by atoms with Gasteiger partial charge in [-0.2, -0.15) is 0 Å². The maximum absolute atomic E-state index is 11.9. The van der Waals surface area contributed by atoms with Crippen molar-refractivity contribution in [1.29, 1.82) is 0 Å². The van der Waals surface area contributed by atoms with Crippen molar-refractivity contribution in [1.82, 2.24) is 24.9 Å². The summed E-state index contributed by atoms with van der Waals surface area (Å²) in [6.07, 6.45) is 4.60. The first-order valence-electron chi connectivity index (χ1n) is 10.4. The van der Waals surface area contributed by atoms with Crippen LogP contribution in [0.25, 0.3) is 28.1 Å². The number of nitrogens with zero attached hydrogens (tertiary/aromatic N) is 4. The minimum absolute atomic E-state index is 0.0279. The van der Waals surface area contributed by atoms with Gasteiger partial charge >= 0.3 is 0 Å². The number of pyridine rings is 1. The zero-order chi connectivity index (χ0) is 22.6. The van der Waals surface area contributed by atoms with Gasteiger partial charge in [-0.3, -0.25) is 9.78 Å². The first-order chi connectivity index (χ1) is 16.2. The summed E-state index contributed by atoms with van der Waals surface area (Å²) >= 11 is 0. The second-order valence-electron chi connectivity index (χ2n) is 7.36. The van der Waals surface area contributed by atoms with E-state index in [9.17, 15) is 4.79 Å². The molecule has 5 aromatic rings. The fourth-order valence-corrected chi connectivity index (χ4v) is 3.52. The van der Waals surface area contributed by atoms with Crippen molar-refractivity contribution in [3.05, 3.63) is 78.8 Å². The minimum Gasteiger partial charge on any atom is -0.466 e. The number of carbonyl (C=O) groups excluding carboxylic acids is 1. The summed E-state index contributed by atoms with van der Waals surface area (Å²) in [5, 5.41) is 8.43. The van der Waals surface area contributed by atoms with Crippen LogP contribution in [-0.2, 0) is 9.53 Å². The molecule has 1 N–H and O–H groups in total. The number of hydrogen-bond donors (Lipinski definition) is 1. The number of amides is 1. The SMILES string of the molecule is COCC(=O)NC[C@@H](Oc1ccc2ncc(-c3cc4ccccc4o3)n2n1)c1cccnc1. The molecule has 0 spiro atoms. The Morgan fingerprint density at radius 3 is 2.88 bits per heavy atom. The van der Waals surface area contributed by atoms with Gasteiger partial charge in [0.15, 0.2) is 11.4 Å². The smallest absolute Gasteiger partial charge is 0.246 e. The summed E-state index contributed by atoms with van der Waals surface area (Å²) in [5.74, 6) is 0.789. The van der Waals surface area contributed by atoms with Gasteiger partial charge < -0.3 is 19.2 Å². The lowest BCUT2D eigenvalue weighted by molar-refractivity contribution is -0.125. The molecule has 9 nitrogen and oxygen atoms in total. The molecule has 0 saturated carbocycles. The fourth-order valence-electron chi connectivity index (χ4n) is 3.52. The summed E-state index contributed by atoms with van der Waals surface area (Å²) < 4.78 is 18.7. The Morgan fingerprint density at radius 1 is 1.15 bits per heavy atom. The van der Waals surface area contributed by atoms with Gasteiger partial charge in [-0.1, -0.05) is 24.3 Å². The topological polar surface area (TPSA) is 104 Å². The summed E-state index contributed by atoms with van der Waals surface area (Å²) in [4.78, 5) is 20.5. The largest absolute Gasteiger partial charge is 0.466 e. The van der Waals surface area contributed by atoms with E-state index in [-0.39, 0.29) is 19.1 Å². The van der Waals surface area contributed by atoms with Gasteiger partial charge in [-0.15, -0.1) is 5.10 Å². The molecule has 0 aliphatic rings. The number of methoxy groups -OCH3 is 1. The molecule has 1 atom stereocenters. The predicted octanol–water partition coefficient (Wildman–Crippen LogP) is 3.42. The summed E-state index contributed by atoms with van der Waals surface area (Å²) in [7, 11) is 1.47. The third-order valence-corrected chi connectivity index (χ3v) is 5.10. The second kappa shape index (κ2) is 9.09. The molecule has 0 saturated heterocycles. The van der Waals surface area contributed by atoms with Crippen molar-refractivity contribution in [3.8, 4) is 17.3 Å².